The molecule has 6 rings (SSSR count). The Hall–Kier alpha value is -3.50. The number of anilines is 1. The smallest absolute Gasteiger partial charge is 0.332 e. The topological polar surface area (TPSA) is 114 Å². The monoisotopic (exact) mass is 507 g/mol. The highest BCUT2D eigenvalue weighted by molar-refractivity contribution is 7.19. The van der Waals surface area contributed by atoms with Crippen LogP contribution in [0.3, 0.4) is 0 Å². The van der Waals surface area contributed by atoms with E-state index in [1.165, 1.54) is 23.0 Å². The van der Waals surface area contributed by atoms with Gasteiger partial charge in [0.2, 0.25) is 0 Å². The molecule has 0 radical (unpaired) electrons. The molecule has 9 nitrogen and oxygen atoms in total. The van der Waals surface area contributed by atoms with E-state index in [2.05, 4.69) is 9.97 Å². The van der Waals surface area contributed by atoms with Gasteiger partial charge in [-0.1, -0.05) is 22.9 Å². The van der Waals surface area contributed by atoms with E-state index in [0.29, 0.717) is 51.6 Å². The first-order chi connectivity index (χ1) is 16.8. The number of nitrogens with two attached hydrogens (primary N) is 1. The van der Waals surface area contributed by atoms with E-state index in [4.69, 9.17) is 22.4 Å². The maximum Gasteiger partial charge on any atom is 0.332 e. The SMILES string of the molecule is Cc1nc(N)sc1-c1c2c(=O)n(C)c(=O)n(CC3CC3)c2nn1Cc1ccnc2ccc(Cl)cc12. The van der Waals surface area contributed by atoms with Crippen LogP contribution < -0.4 is 17.0 Å². The lowest BCUT2D eigenvalue weighted by Gasteiger charge is -2.10. The zero-order valence-electron chi connectivity index (χ0n) is 19.2. The van der Waals surface area contributed by atoms with Gasteiger partial charge in [-0.05, 0) is 55.5 Å². The van der Waals surface area contributed by atoms with Gasteiger partial charge in [0.15, 0.2) is 10.8 Å². The third-order valence-electron chi connectivity index (χ3n) is 6.51. The summed E-state index contributed by atoms with van der Waals surface area (Å²) in [6.07, 6.45) is 3.88. The summed E-state index contributed by atoms with van der Waals surface area (Å²) in [5.41, 5.74) is 8.76. The van der Waals surface area contributed by atoms with Gasteiger partial charge < -0.3 is 5.73 Å². The van der Waals surface area contributed by atoms with Crippen molar-refractivity contribution in [1.29, 1.82) is 0 Å². The molecule has 0 atom stereocenters. The second-order valence-electron chi connectivity index (χ2n) is 9.00. The number of nitrogens with zero attached hydrogens (tertiary/aromatic N) is 6. The zero-order valence-corrected chi connectivity index (χ0v) is 20.7. The van der Waals surface area contributed by atoms with Crippen molar-refractivity contribution in [3.63, 3.8) is 0 Å². The lowest BCUT2D eigenvalue weighted by atomic mass is 10.1. The minimum atomic E-state index is -0.382. The van der Waals surface area contributed by atoms with Crippen LogP contribution >= 0.6 is 22.9 Å². The molecule has 0 aliphatic heterocycles. The molecule has 1 aliphatic carbocycles. The van der Waals surface area contributed by atoms with Crippen molar-refractivity contribution < 1.29 is 0 Å². The summed E-state index contributed by atoms with van der Waals surface area (Å²) in [5, 5.41) is 7.17. The number of thiazole rings is 1. The Morgan fingerprint density at radius 2 is 2.03 bits per heavy atom. The fourth-order valence-electron chi connectivity index (χ4n) is 4.54. The second kappa shape index (κ2) is 8.03. The summed E-state index contributed by atoms with van der Waals surface area (Å²) in [4.78, 5) is 36.1. The fraction of sp³-hybridized carbons (Fsp3) is 0.292. The average Bonchev–Trinajstić information content (AvgIpc) is 3.49. The molecule has 1 aliphatic rings. The van der Waals surface area contributed by atoms with Gasteiger partial charge in [0.1, 0.15) is 5.39 Å². The molecule has 4 heterocycles. The fourth-order valence-corrected chi connectivity index (χ4v) is 5.60. The lowest BCUT2D eigenvalue weighted by molar-refractivity contribution is 0.572. The van der Waals surface area contributed by atoms with Crippen molar-refractivity contribution in [2.45, 2.75) is 32.9 Å². The molecule has 0 amide bonds. The molecule has 1 aromatic carbocycles. The van der Waals surface area contributed by atoms with Crippen LogP contribution in [0.2, 0.25) is 5.02 Å². The highest BCUT2D eigenvalue weighted by Gasteiger charge is 2.28. The Balaban J connectivity index is 1.66. The van der Waals surface area contributed by atoms with Crippen LogP contribution in [-0.4, -0.2) is 28.9 Å². The predicted molar refractivity (Wildman–Crippen MR) is 138 cm³/mol. The van der Waals surface area contributed by atoms with Gasteiger partial charge in [0.05, 0.1) is 28.3 Å². The molecule has 1 fully saturated rings. The quantitative estimate of drug-likeness (QED) is 0.389. The van der Waals surface area contributed by atoms with Crippen LogP contribution in [0.25, 0.3) is 32.5 Å². The Labute approximate surface area is 208 Å². The van der Waals surface area contributed by atoms with Crippen LogP contribution in [0.4, 0.5) is 5.13 Å². The molecule has 4 aromatic heterocycles. The van der Waals surface area contributed by atoms with E-state index < -0.39 is 0 Å². The standard InChI is InChI=1S/C24H22ClN7O2S/c1-12-20(35-23(26)28-12)19-18-21(31(10-13-3-4-13)24(34)30(2)22(18)33)29-32(19)11-14-7-8-27-17-6-5-15(25)9-16(14)17/h5-9,13H,3-4,10-11H2,1-2H3,(H2,26,28). The minimum absolute atomic E-state index is 0.349. The number of halogens is 1. The van der Waals surface area contributed by atoms with E-state index in [0.717, 1.165) is 34.2 Å². The van der Waals surface area contributed by atoms with Crippen LogP contribution in [0.15, 0.2) is 40.1 Å². The molecule has 0 bridgehead atoms. The van der Waals surface area contributed by atoms with Crippen LogP contribution in [0.1, 0.15) is 24.1 Å². The molecule has 0 spiro atoms. The van der Waals surface area contributed by atoms with Crippen molar-refractivity contribution in [2.75, 3.05) is 5.73 Å². The molecule has 0 saturated heterocycles. The van der Waals surface area contributed by atoms with Crippen LogP contribution in [0, 0.1) is 12.8 Å². The Kier molecular flexibility index (Phi) is 5.05. The molecule has 11 heteroatoms. The van der Waals surface area contributed by atoms with Gasteiger partial charge in [0, 0.05) is 30.2 Å². The van der Waals surface area contributed by atoms with E-state index in [-0.39, 0.29) is 11.2 Å². The lowest BCUT2D eigenvalue weighted by Crippen LogP contribution is -2.38. The first-order valence-electron chi connectivity index (χ1n) is 11.3. The molecule has 178 valence electrons. The summed E-state index contributed by atoms with van der Waals surface area (Å²) in [6, 6.07) is 7.47. The van der Waals surface area contributed by atoms with Crippen molar-refractivity contribution >= 4 is 50.0 Å². The Bertz CT molecular complexity index is 1760. The van der Waals surface area contributed by atoms with E-state index in [1.54, 1.807) is 21.5 Å². The number of fused-ring (bicyclic) bond motifs is 2. The van der Waals surface area contributed by atoms with Crippen molar-refractivity contribution in [3.8, 4) is 10.6 Å². The number of nitrogen functional groups attached to an aromatic ring is 1. The summed E-state index contributed by atoms with van der Waals surface area (Å²) >= 11 is 7.59. The summed E-state index contributed by atoms with van der Waals surface area (Å²) in [7, 11) is 1.51. The van der Waals surface area contributed by atoms with E-state index in [1.807, 2.05) is 25.1 Å². The molecular formula is C24H22ClN7O2S. The Morgan fingerprint density at radius 1 is 1.23 bits per heavy atom. The van der Waals surface area contributed by atoms with Gasteiger partial charge in [0.25, 0.3) is 5.56 Å². The zero-order chi connectivity index (χ0) is 24.4. The molecule has 35 heavy (non-hydrogen) atoms. The van der Waals surface area contributed by atoms with Crippen molar-refractivity contribution in [3.05, 3.63) is 67.6 Å². The number of hydrogen-bond acceptors (Lipinski definition) is 7. The third-order valence-corrected chi connectivity index (χ3v) is 7.73. The number of aryl methyl sites for hydroxylation is 1. The van der Waals surface area contributed by atoms with Gasteiger partial charge in [-0.25, -0.2) is 9.78 Å². The maximum atomic E-state index is 13.5. The van der Waals surface area contributed by atoms with Crippen LogP contribution in [0.5, 0.6) is 0 Å². The third kappa shape index (κ3) is 3.64. The predicted octanol–water partition coefficient (Wildman–Crippen LogP) is 3.57. The highest BCUT2D eigenvalue weighted by Crippen LogP contribution is 2.36. The number of hydrogen-bond donors (Lipinski definition) is 1. The summed E-state index contributed by atoms with van der Waals surface area (Å²) in [6.45, 7) is 2.75. The normalized spacial score (nSPS) is 13.8. The van der Waals surface area contributed by atoms with Gasteiger partial charge in [-0.15, -0.1) is 0 Å². The molecule has 2 N–H and O–H groups in total. The molecule has 1 saturated carbocycles. The summed E-state index contributed by atoms with van der Waals surface area (Å²) < 4.78 is 4.59. The first kappa shape index (κ1) is 22.0. The van der Waals surface area contributed by atoms with Crippen molar-refractivity contribution in [2.24, 2.45) is 13.0 Å². The maximum absolute atomic E-state index is 13.5. The largest absolute Gasteiger partial charge is 0.375 e. The molecular weight excluding hydrogens is 486 g/mol. The van der Waals surface area contributed by atoms with Crippen LogP contribution in [-0.2, 0) is 20.1 Å². The first-order valence-corrected chi connectivity index (χ1v) is 12.5. The van der Waals surface area contributed by atoms with Crippen molar-refractivity contribution in [1.82, 2.24) is 28.9 Å². The van der Waals surface area contributed by atoms with Gasteiger partial charge >= 0.3 is 5.69 Å². The number of benzene rings is 1. The minimum Gasteiger partial charge on any atom is -0.375 e. The number of aromatic nitrogens is 6. The highest BCUT2D eigenvalue weighted by atomic mass is 35.5. The number of pyridine rings is 1. The Morgan fingerprint density at radius 3 is 2.74 bits per heavy atom. The van der Waals surface area contributed by atoms with Gasteiger partial charge in [-0.2, -0.15) is 5.10 Å². The number of rotatable bonds is 5. The van der Waals surface area contributed by atoms with E-state index >= 15 is 0 Å². The average molecular weight is 508 g/mol. The second-order valence-corrected chi connectivity index (χ2v) is 10.5. The molecule has 5 aromatic rings. The van der Waals surface area contributed by atoms with Gasteiger partial charge in [-0.3, -0.25) is 23.6 Å². The molecule has 0 unspecified atom stereocenters. The summed E-state index contributed by atoms with van der Waals surface area (Å²) in [5.74, 6) is 0.425. The van der Waals surface area contributed by atoms with E-state index in [9.17, 15) is 9.59 Å².